The zero-order chi connectivity index (χ0) is 28.5. The number of hydrogen-bond acceptors (Lipinski definition) is 5. The lowest BCUT2D eigenvalue weighted by Gasteiger charge is -2.35. The Labute approximate surface area is 223 Å². The number of Topliss-reactive ketones (excluding diaryl/α,β-unsaturated/α-hetero) is 1. The zero-order valence-electron chi connectivity index (χ0n) is 20.7. The number of urea groups is 1. The third-order valence-electron chi connectivity index (χ3n) is 6.93. The number of amides is 2. The van der Waals surface area contributed by atoms with Gasteiger partial charge in [-0.2, -0.15) is 18.4 Å². The number of hydrogen-bond donors (Lipinski definition) is 1. The Morgan fingerprint density at radius 1 is 1.21 bits per heavy atom. The fourth-order valence-corrected chi connectivity index (χ4v) is 6.63. The minimum atomic E-state index is -4.65. The lowest BCUT2D eigenvalue weighted by molar-refractivity contribution is -0.137. The third kappa shape index (κ3) is 5.66. The molecule has 8 nitrogen and oxygen atoms in total. The maximum absolute atomic E-state index is 13.5. The molecule has 202 valence electrons. The van der Waals surface area contributed by atoms with E-state index in [1.807, 2.05) is 6.07 Å². The number of rotatable bonds is 6. The number of halogens is 3. The van der Waals surface area contributed by atoms with Gasteiger partial charge in [0.05, 0.1) is 40.5 Å². The Bertz CT molecular complexity index is 1570. The van der Waals surface area contributed by atoms with Gasteiger partial charge in [-0.25, -0.2) is 18.1 Å². The Morgan fingerprint density at radius 3 is 2.56 bits per heavy atom. The number of allylic oxidation sites excluding steroid dienone is 1. The summed E-state index contributed by atoms with van der Waals surface area (Å²) < 4.78 is 66.8. The summed E-state index contributed by atoms with van der Waals surface area (Å²) in [6.07, 6.45) is -3.08. The minimum Gasteiger partial charge on any atom is -0.335 e. The number of anilines is 1. The van der Waals surface area contributed by atoms with Gasteiger partial charge in [-0.1, -0.05) is 12.1 Å². The fourth-order valence-electron chi connectivity index (χ4n) is 4.92. The quantitative estimate of drug-likeness (QED) is 0.470. The summed E-state index contributed by atoms with van der Waals surface area (Å²) in [5, 5.41) is 12.0. The van der Waals surface area contributed by atoms with E-state index in [0.717, 1.165) is 23.1 Å². The molecule has 0 saturated heterocycles. The van der Waals surface area contributed by atoms with E-state index in [4.69, 9.17) is 6.57 Å². The van der Waals surface area contributed by atoms with Crippen LogP contribution in [0.3, 0.4) is 0 Å². The first-order valence-electron chi connectivity index (χ1n) is 12.0. The van der Waals surface area contributed by atoms with Crippen LogP contribution in [-0.4, -0.2) is 26.0 Å². The van der Waals surface area contributed by atoms with Crippen LogP contribution in [0, 0.1) is 23.8 Å². The number of nitrogens with one attached hydrogen (secondary N) is 1. The first-order chi connectivity index (χ1) is 18.4. The molecule has 2 aromatic rings. The molecular weight excluding hydrogens is 533 g/mol. The van der Waals surface area contributed by atoms with Crippen LogP contribution >= 0.6 is 0 Å². The van der Waals surface area contributed by atoms with Crippen molar-refractivity contribution in [2.75, 3.05) is 10.7 Å². The van der Waals surface area contributed by atoms with Crippen molar-refractivity contribution in [3.8, 4) is 6.07 Å². The molecule has 0 spiro atoms. The predicted octanol–water partition coefficient (Wildman–Crippen LogP) is 5.53. The van der Waals surface area contributed by atoms with Crippen molar-refractivity contribution >= 4 is 27.3 Å². The lowest BCUT2D eigenvalue weighted by Crippen LogP contribution is -2.46. The highest BCUT2D eigenvalue weighted by Crippen LogP contribution is 2.39. The van der Waals surface area contributed by atoms with Crippen molar-refractivity contribution in [3.05, 3.63) is 82.0 Å². The molecule has 2 aromatic carbocycles. The summed E-state index contributed by atoms with van der Waals surface area (Å²) in [6.45, 7) is 9.16. The molecular formula is C27H23F3N4O4S. The summed E-state index contributed by atoms with van der Waals surface area (Å²) in [5.41, 5.74) is -1.01. The molecule has 1 aliphatic heterocycles. The van der Waals surface area contributed by atoms with Gasteiger partial charge in [-0.3, -0.25) is 9.69 Å². The maximum Gasteiger partial charge on any atom is 0.416 e. The molecule has 1 unspecified atom stereocenters. The standard InChI is InChI=1S/C27H23F3N4O4S/c1-16-24(32-2)25(33-26(36)34(16)20-5-3-4-19(14-20)27(28,29)30)22-9-7-18(15-31)13-23(22)39(37,38)11-10-17-6-8-21(35)12-17/h3-5,7,9,13-14,17,25H,6,8,10-12H2,1H3,(H,33,36)/t17?,25-/m1/s1. The average Bonchev–Trinajstić information content (AvgIpc) is 3.31. The largest absolute Gasteiger partial charge is 0.416 e. The first-order valence-corrected chi connectivity index (χ1v) is 13.7. The Kier molecular flexibility index (Phi) is 7.53. The van der Waals surface area contributed by atoms with Gasteiger partial charge < -0.3 is 5.32 Å². The summed E-state index contributed by atoms with van der Waals surface area (Å²) >= 11 is 0. The van der Waals surface area contributed by atoms with E-state index in [1.165, 1.54) is 31.2 Å². The molecule has 4 rings (SSSR count). The van der Waals surface area contributed by atoms with Crippen LogP contribution in [0.25, 0.3) is 4.85 Å². The van der Waals surface area contributed by atoms with Crippen LogP contribution in [0.2, 0.25) is 0 Å². The number of carbonyl (C=O) groups excluding carboxylic acids is 2. The molecule has 0 aromatic heterocycles. The molecule has 39 heavy (non-hydrogen) atoms. The normalized spacial score (nSPS) is 20.0. The first kappa shape index (κ1) is 27.9. The van der Waals surface area contributed by atoms with Gasteiger partial charge in [0.25, 0.3) is 0 Å². The second-order valence-electron chi connectivity index (χ2n) is 9.47. The second kappa shape index (κ2) is 10.5. The molecule has 1 N–H and O–H groups in total. The maximum atomic E-state index is 13.5. The van der Waals surface area contributed by atoms with Crippen LogP contribution < -0.4 is 10.2 Å². The number of benzene rings is 2. The van der Waals surface area contributed by atoms with Crippen molar-refractivity contribution < 1.29 is 31.2 Å². The number of nitriles is 1. The number of nitrogens with zero attached hydrogens (tertiary/aromatic N) is 3. The van der Waals surface area contributed by atoms with Crippen LogP contribution in [0.1, 0.15) is 55.3 Å². The monoisotopic (exact) mass is 556 g/mol. The molecule has 1 heterocycles. The van der Waals surface area contributed by atoms with E-state index >= 15 is 0 Å². The molecule has 0 bridgehead atoms. The van der Waals surface area contributed by atoms with E-state index in [0.29, 0.717) is 19.3 Å². The van der Waals surface area contributed by atoms with E-state index in [2.05, 4.69) is 10.2 Å². The van der Waals surface area contributed by atoms with Crippen molar-refractivity contribution in [1.82, 2.24) is 5.32 Å². The van der Waals surface area contributed by atoms with Crippen molar-refractivity contribution in [1.29, 1.82) is 5.26 Å². The molecule has 12 heteroatoms. The van der Waals surface area contributed by atoms with Gasteiger partial charge in [0.2, 0.25) is 5.70 Å². The van der Waals surface area contributed by atoms with Crippen LogP contribution in [0.5, 0.6) is 0 Å². The molecule has 2 atom stereocenters. The highest BCUT2D eigenvalue weighted by Gasteiger charge is 2.38. The summed E-state index contributed by atoms with van der Waals surface area (Å²) in [6, 6.07) is 7.83. The molecule has 1 aliphatic carbocycles. The van der Waals surface area contributed by atoms with Crippen LogP contribution in [-0.2, 0) is 20.8 Å². The number of alkyl halides is 3. The highest BCUT2D eigenvalue weighted by atomic mass is 32.2. The summed E-state index contributed by atoms with van der Waals surface area (Å²) in [4.78, 5) is 29.0. The third-order valence-corrected chi connectivity index (χ3v) is 8.73. The van der Waals surface area contributed by atoms with Gasteiger partial charge in [-0.15, -0.1) is 0 Å². The van der Waals surface area contributed by atoms with E-state index in [1.54, 1.807) is 0 Å². The zero-order valence-corrected chi connectivity index (χ0v) is 21.6. The van der Waals surface area contributed by atoms with Gasteiger partial charge in [0.1, 0.15) is 5.78 Å². The van der Waals surface area contributed by atoms with E-state index in [-0.39, 0.29) is 57.0 Å². The fraction of sp³-hybridized carbons (Fsp3) is 0.333. The Balaban J connectivity index is 1.76. The van der Waals surface area contributed by atoms with Crippen LogP contribution in [0.15, 0.2) is 58.8 Å². The van der Waals surface area contributed by atoms with E-state index < -0.39 is 33.6 Å². The molecule has 2 amide bonds. The predicted molar refractivity (Wildman–Crippen MR) is 135 cm³/mol. The average molecular weight is 557 g/mol. The SMILES string of the molecule is [C-]#[N+]C1=C(C)N(c2cccc(C(F)(F)F)c2)C(=O)N[C@@H]1c1ccc(C#N)cc1S(=O)(=O)CCC1CCC(=O)C1. The summed E-state index contributed by atoms with van der Waals surface area (Å²) in [5.74, 6) is -0.270. The molecule has 0 radical (unpaired) electrons. The lowest BCUT2D eigenvalue weighted by atomic mass is 9.99. The van der Waals surface area contributed by atoms with Gasteiger partial charge in [0.15, 0.2) is 9.84 Å². The molecule has 1 fully saturated rings. The Morgan fingerprint density at radius 2 is 1.95 bits per heavy atom. The van der Waals surface area contributed by atoms with Crippen molar-refractivity contribution in [2.45, 2.75) is 49.7 Å². The minimum absolute atomic E-state index is 0.0373. The van der Waals surface area contributed by atoms with Crippen molar-refractivity contribution in [2.24, 2.45) is 5.92 Å². The van der Waals surface area contributed by atoms with E-state index in [9.17, 15) is 36.4 Å². The van der Waals surface area contributed by atoms with Crippen molar-refractivity contribution in [3.63, 3.8) is 0 Å². The smallest absolute Gasteiger partial charge is 0.335 e. The molecule has 2 aliphatic rings. The van der Waals surface area contributed by atoms with Gasteiger partial charge in [-0.05, 0) is 61.6 Å². The summed E-state index contributed by atoms with van der Waals surface area (Å²) in [7, 11) is -4.01. The molecule has 1 saturated carbocycles. The number of ketones is 1. The van der Waals surface area contributed by atoms with Gasteiger partial charge in [0, 0.05) is 24.2 Å². The van der Waals surface area contributed by atoms with Crippen LogP contribution in [0.4, 0.5) is 23.7 Å². The second-order valence-corrected chi connectivity index (χ2v) is 11.5. The Hall–Kier alpha value is -4.16. The van der Waals surface area contributed by atoms with Gasteiger partial charge >= 0.3 is 12.2 Å². The number of carbonyl (C=O) groups is 2. The number of sulfone groups is 1. The highest BCUT2D eigenvalue weighted by molar-refractivity contribution is 7.91. The topological polar surface area (TPSA) is 112 Å².